The Kier molecular flexibility index (Phi) is 11.2. The van der Waals surface area contributed by atoms with Crippen molar-refractivity contribution >= 4 is 39.1 Å². The molecule has 41 heavy (non-hydrogen) atoms. The van der Waals surface area contributed by atoms with Crippen LogP contribution in [-0.2, 0) is 26.2 Å². The zero-order valence-corrected chi connectivity index (χ0v) is 25.7. The van der Waals surface area contributed by atoms with Gasteiger partial charge in [0, 0.05) is 17.6 Å². The summed E-state index contributed by atoms with van der Waals surface area (Å²) in [6.45, 7) is 9.14. The maximum Gasteiger partial charge on any atom is 0.264 e. The van der Waals surface area contributed by atoms with Crippen molar-refractivity contribution in [1.82, 2.24) is 10.2 Å². The van der Waals surface area contributed by atoms with Gasteiger partial charge in [0.25, 0.3) is 10.0 Å². The highest BCUT2D eigenvalue weighted by Gasteiger charge is 2.33. The van der Waals surface area contributed by atoms with E-state index in [0.717, 1.165) is 16.3 Å². The summed E-state index contributed by atoms with van der Waals surface area (Å²) < 4.78 is 34.5. The van der Waals surface area contributed by atoms with Gasteiger partial charge in [0.15, 0.2) is 0 Å². The predicted molar refractivity (Wildman–Crippen MR) is 163 cm³/mol. The summed E-state index contributed by atoms with van der Waals surface area (Å²) in [5, 5.41) is 3.36. The monoisotopic (exact) mass is 599 g/mol. The highest BCUT2D eigenvalue weighted by atomic mass is 35.5. The molecule has 0 heterocycles. The lowest BCUT2D eigenvalue weighted by molar-refractivity contribution is -0.139. The number of hydrogen-bond donors (Lipinski definition) is 1. The van der Waals surface area contributed by atoms with Gasteiger partial charge in [-0.15, -0.1) is 0 Å². The van der Waals surface area contributed by atoms with Crippen LogP contribution in [0.3, 0.4) is 0 Å². The number of hydrogen-bond acceptors (Lipinski definition) is 5. The van der Waals surface area contributed by atoms with Crippen LogP contribution in [0.4, 0.5) is 5.69 Å². The van der Waals surface area contributed by atoms with E-state index in [0.29, 0.717) is 28.6 Å². The number of rotatable bonds is 13. The molecule has 0 saturated heterocycles. The number of carbonyl (C=O) groups excluding carboxylic acids is 2. The quantitative estimate of drug-likeness (QED) is 0.277. The highest BCUT2D eigenvalue weighted by molar-refractivity contribution is 7.92. The Morgan fingerprint density at radius 2 is 1.59 bits per heavy atom. The molecule has 1 N–H and O–H groups in total. The van der Waals surface area contributed by atoms with E-state index >= 15 is 0 Å². The van der Waals surface area contributed by atoms with E-state index < -0.39 is 28.5 Å². The molecular formula is C31H38ClN3O5S. The minimum absolute atomic E-state index is 0.00884. The molecule has 0 unspecified atom stereocenters. The Bertz CT molecular complexity index is 1430. The lowest BCUT2D eigenvalue weighted by Crippen LogP contribution is -2.52. The summed E-state index contributed by atoms with van der Waals surface area (Å²) in [4.78, 5) is 28.5. The van der Waals surface area contributed by atoms with Gasteiger partial charge in [-0.3, -0.25) is 13.9 Å². The molecule has 0 aliphatic rings. The van der Waals surface area contributed by atoms with E-state index in [4.69, 9.17) is 16.3 Å². The number of benzene rings is 3. The first-order valence-electron chi connectivity index (χ1n) is 13.6. The Morgan fingerprint density at radius 3 is 2.17 bits per heavy atom. The molecule has 3 rings (SSSR count). The smallest absolute Gasteiger partial charge is 0.264 e. The van der Waals surface area contributed by atoms with Gasteiger partial charge in [0.2, 0.25) is 11.8 Å². The molecule has 0 spiro atoms. The first-order chi connectivity index (χ1) is 19.5. The summed E-state index contributed by atoms with van der Waals surface area (Å²) in [6.07, 6.45) is 0.721. The summed E-state index contributed by atoms with van der Waals surface area (Å²) >= 11 is 6.41. The summed E-state index contributed by atoms with van der Waals surface area (Å²) in [7, 11) is -4.17. The molecule has 0 saturated carbocycles. The van der Waals surface area contributed by atoms with Gasteiger partial charge in [0.1, 0.15) is 18.3 Å². The lowest BCUT2D eigenvalue weighted by Gasteiger charge is -2.32. The number of anilines is 1. The number of sulfonamides is 1. The van der Waals surface area contributed by atoms with E-state index in [1.54, 1.807) is 67.6 Å². The van der Waals surface area contributed by atoms with Crippen molar-refractivity contribution in [3.63, 3.8) is 0 Å². The molecule has 0 aliphatic carbocycles. The molecule has 0 fully saturated rings. The van der Waals surface area contributed by atoms with Crippen LogP contribution in [0.5, 0.6) is 5.75 Å². The fourth-order valence-electron chi connectivity index (χ4n) is 4.10. The van der Waals surface area contributed by atoms with Crippen molar-refractivity contribution in [2.45, 2.75) is 64.6 Å². The molecule has 3 aromatic carbocycles. The second-order valence-corrected chi connectivity index (χ2v) is 12.1. The van der Waals surface area contributed by atoms with Gasteiger partial charge in [-0.2, -0.15) is 0 Å². The van der Waals surface area contributed by atoms with Crippen molar-refractivity contribution < 1.29 is 22.7 Å². The van der Waals surface area contributed by atoms with Gasteiger partial charge >= 0.3 is 0 Å². The highest BCUT2D eigenvalue weighted by Crippen LogP contribution is 2.27. The molecule has 0 radical (unpaired) electrons. The predicted octanol–water partition coefficient (Wildman–Crippen LogP) is 5.57. The van der Waals surface area contributed by atoms with Gasteiger partial charge in [-0.1, -0.05) is 54.4 Å². The van der Waals surface area contributed by atoms with E-state index in [1.165, 1.54) is 17.0 Å². The Morgan fingerprint density at radius 1 is 0.951 bits per heavy atom. The molecule has 2 amide bonds. The summed E-state index contributed by atoms with van der Waals surface area (Å²) in [6, 6.07) is 19.0. The second kappa shape index (κ2) is 14.4. The molecule has 0 aromatic heterocycles. The third-order valence-electron chi connectivity index (χ3n) is 6.79. The van der Waals surface area contributed by atoms with E-state index in [-0.39, 0.29) is 23.4 Å². The minimum Gasteiger partial charge on any atom is -0.494 e. The number of nitrogens with zero attached hydrogens (tertiary/aromatic N) is 2. The van der Waals surface area contributed by atoms with E-state index in [9.17, 15) is 18.0 Å². The number of aryl methyl sites for hydroxylation is 1. The number of ether oxygens (including phenoxy) is 1. The van der Waals surface area contributed by atoms with Crippen LogP contribution in [0.2, 0.25) is 5.02 Å². The SMILES string of the molecule is CCOc1ccc(S(=O)(=O)N(CC(=O)N(Cc2ccccc2Cl)[C@H](C)C(=O)N[C@@H](C)CC)c2ccc(C)cc2)cc1. The largest absolute Gasteiger partial charge is 0.494 e. The van der Waals surface area contributed by atoms with Crippen molar-refractivity contribution in [2.75, 3.05) is 17.5 Å². The molecule has 0 bridgehead atoms. The molecule has 3 aromatic rings. The van der Waals surface area contributed by atoms with E-state index in [2.05, 4.69) is 5.32 Å². The zero-order chi connectivity index (χ0) is 30.2. The van der Waals surface area contributed by atoms with Gasteiger partial charge < -0.3 is 15.0 Å². The van der Waals surface area contributed by atoms with Gasteiger partial charge in [0.05, 0.1) is 17.2 Å². The van der Waals surface area contributed by atoms with Crippen LogP contribution < -0.4 is 14.4 Å². The molecule has 10 heteroatoms. The number of halogens is 1. The first kappa shape index (κ1) is 32.0. The third kappa shape index (κ3) is 8.24. The second-order valence-electron chi connectivity index (χ2n) is 9.86. The topological polar surface area (TPSA) is 96.0 Å². The standard InChI is InChI=1S/C31H38ClN3O5S/c1-6-23(4)33-31(37)24(5)34(20-25-10-8-9-11-29(25)32)30(36)21-35(26-14-12-22(3)13-15-26)41(38,39)28-18-16-27(17-19-28)40-7-2/h8-19,23-24H,6-7,20-21H2,1-5H3,(H,33,37)/t23-,24+/m0/s1. The van der Waals surface area contributed by atoms with Crippen LogP contribution in [-0.4, -0.2) is 50.4 Å². The molecule has 2 atom stereocenters. The van der Waals surface area contributed by atoms with Crippen molar-refractivity contribution in [3.8, 4) is 5.75 Å². The van der Waals surface area contributed by atoms with Crippen LogP contribution in [0, 0.1) is 6.92 Å². The van der Waals surface area contributed by atoms with Crippen LogP contribution in [0.1, 0.15) is 45.2 Å². The number of nitrogens with one attached hydrogen (secondary N) is 1. The summed E-state index contributed by atoms with van der Waals surface area (Å²) in [5.74, 6) is -0.348. The molecule has 0 aliphatic heterocycles. The molecular weight excluding hydrogens is 562 g/mol. The van der Waals surface area contributed by atoms with Crippen LogP contribution in [0.25, 0.3) is 0 Å². The van der Waals surface area contributed by atoms with Crippen molar-refractivity contribution in [3.05, 3.63) is 88.9 Å². The zero-order valence-electron chi connectivity index (χ0n) is 24.1. The normalized spacial score (nSPS) is 12.7. The van der Waals surface area contributed by atoms with Crippen LogP contribution >= 0.6 is 11.6 Å². The third-order valence-corrected chi connectivity index (χ3v) is 8.95. The average Bonchev–Trinajstić information content (AvgIpc) is 2.96. The van der Waals surface area contributed by atoms with Gasteiger partial charge in [-0.25, -0.2) is 8.42 Å². The van der Waals surface area contributed by atoms with Gasteiger partial charge in [-0.05, 0) is 82.1 Å². The Labute approximate surface area is 248 Å². The molecule has 220 valence electrons. The fraction of sp³-hybridized carbons (Fsp3) is 0.355. The first-order valence-corrected chi connectivity index (χ1v) is 15.4. The maximum absolute atomic E-state index is 14.0. The van der Waals surface area contributed by atoms with Crippen molar-refractivity contribution in [2.24, 2.45) is 0 Å². The average molecular weight is 600 g/mol. The lowest BCUT2D eigenvalue weighted by atomic mass is 10.1. The van der Waals surface area contributed by atoms with Crippen molar-refractivity contribution in [1.29, 1.82) is 0 Å². The molecule has 8 nitrogen and oxygen atoms in total. The van der Waals surface area contributed by atoms with Crippen LogP contribution in [0.15, 0.2) is 77.7 Å². The Balaban J connectivity index is 2.02. The summed E-state index contributed by atoms with van der Waals surface area (Å²) in [5.41, 5.74) is 1.91. The fourth-order valence-corrected chi connectivity index (χ4v) is 5.71. The van der Waals surface area contributed by atoms with E-state index in [1.807, 2.05) is 27.7 Å². The Hall–Kier alpha value is -3.56. The number of carbonyl (C=O) groups is 2. The number of amides is 2. The minimum atomic E-state index is -4.17. The maximum atomic E-state index is 14.0.